The maximum absolute atomic E-state index is 11.8. The molecule has 2 heteroatoms. The van der Waals surface area contributed by atoms with E-state index in [9.17, 15) is 4.79 Å². The molecule has 1 unspecified atom stereocenters. The van der Waals surface area contributed by atoms with Crippen molar-refractivity contribution in [3.63, 3.8) is 0 Å². The van der Waals surface area contributed by atoms with Crippen LogP contribution in [-0.4, -0.2) is 12.5 Å². The molecule has 1 atom stereocenters. The molecule has 0 saturated heterocycles. The van der Waals surface area contributed by atoms with Gasteiger partial charge in [-0.25, -0.2) is 0 Å². The SMILES string of the molecule is O=C(NCCc1ccccc1)C1CC=CCC1. The van der Waals surface area contributed by atoms with Gasteiger partial charge in [-0.3, -0.25) is 4.79 Å². The number of rotatable bonds is 4. The molecule has 0 aromatic heterocycles. The van der Waals surface area contributed by atoms with Crippen LogP contribution < -0.4 is 5.32 Å². The molecule has 0 radical (unpaired) electrons. The zero-order chi connectivity index (χ0) is 11.9. The molecule has 1 amide bonds. The van der Waals surface area contributed by atoms with Gasteiger partial charge in [0.15, 0.2) is 0 Å². The van der Waals surface area contributed by atoms with E-state index >= 15 is 0 Å². The summed E-state index contributed by atoms with van der Waals surface area (Å²) in [7, 11) is 0. The summed E-state index contributed by atoms with van der Waals surface area (Å²) in [6.45, 7) is 0.739. The van der Waals surface area contributed by atoms with E-state index in [4.69, 9.17) is 0 Å². The average molecular weight is 229 g/mol. The van der Waals surface area contributed by atoms with Crippen molar-refractivity contribution in [3.05, 3.63) is 48.0 Å². The van der Waals surface area contributed by atoms with Gasteiger partial charge >= 0.3 is 0 Å². The summed E-state index contributed by atoms with van der Waals surface area (Å²) in [5.41, 5.74) is 1.27. The minimum absolute atomic E-state index is 0.191. The summed E-state index contributed by atoms with van der Waals surface area (Å²) < 4.78 is 0. The highest BCUT2D eigenvalue weighted by atomic mass is 16.1. The number of allylic oxidation sites excluding steroid dienone is 2. The second-order valence-corrected chi connectivity index (χ2v) is 4.51. The van der Waals surface area contributed by atoms with Crippen LogP contribution in [0.25, 0.3) is 0 Å². The van der Waals surface area contributed by atoms with E-state index in [0.29, 0.717) is 0 Å². The average Bonchev–Trinajstić information content (AvgIpc) is 2.41. The summed E-state index contributed by atoms with van der Waals surface area (Å²) >= 11 is 0. The molecule has 17 heavy (non-hydrogen) atoms. The van der Waals surface area contributed by atoms with Gasteiger partial charge in [-0.2, -0.15) is 0 Å². The Morgan fingerprint density at radius 3 is 2.76 bits per heavy atom. The molecule has 0 saturated carbocycles. The molecule has 1 aliphatic carbocycles. The first kappa shape index (κ1) is 11.9. The fraction of sp³-hybridized carbons (Fsp3) is 0.400. The van der Waals surface area contributed by atoms with Gasteiger partial charge < -0.3 is 5.32 Å². The second kappa shape index (κ2) is 6.24. The molecular formula is C15H19NO. The summed E-state index contributed by atoms with van der Waals surface area (Å²) in [4.78, 5) is 11.8. The van der Waals surface area contributed by atoms with Crippen LogP contribution in [0.2, 0.25) is 0 Å². The van der Waals surface area contributed by atoms with Crippen molar-refractivity contribution < 1.29 is 4.79 Å². The third-order valence-electron chi connectivity index (χ3n) is 3.20. The fourth-order valence-corrected chi connectivity index (χ4v) is 2.15. The molecule has 1 N–H and O–H groups in total. The Bertz CT molecular complexity index is 383. The van der Waals surface area contributed by atoms with Gasteiger partial charge in [-0.1, -0.05) is 42.5 Å². The lowest BCUT2D eigenvalue weighted by Gasteiger charge is -2.17. The van der Waals surface area contributed by atoms with Crippen LogP contribution in [0, 0.1) is 5.92 Å². The lowest BCUT2D eigenvalue weighted by molar-refractivity contribution is -0.125. The number of hydrogen-bond donors (Lipinski definition) is 1. The van der Waals surface area contributed by atoms with E-state index in [1.807, 2.05) is 18.2 Å². The van der Waals surface area contributed by atoms with Crippen molar-refractivity contribution in [2.45, 2.75) is 25.7 Å². The van der Waals surface area contributed by atoms with E-state index in [1.165, 1.54) is 5.56 Å². The topological polar surface area (TPSA) is 29.1 Å². The Balaban J connectivity index is 1.71. The van der Waals surface area contributed by atoms with Crippen molar-refractivity contribution in [1.82, 2.24) is 5.32 Å². The molecular weight excluding hydrogens is 210 g/mol. The Kier molecular flexibility index (Phi) is 4.37. The molecule has 1 aromatic rings. The fourth-order valence-electron chi connectivity index (χ4n) is 2.15. The Morgan fingerprint density at radius 1 is 1.24 bits per heavy atom. The maximum Gasteiger partial charge on any atom is 0.223 e. The molecule has 1 aromatic carbocycles. The third kappa shape index (κ3) is 3.74. The number of nitrogens with one attached hydrogen (secondary N) is 1. The highest BCUT2D eigenvalue weighted by molar-refractivity contribution is 5.78. The van der Waals surface area contributed by atoms with Crippen LogP contribution in [0.5, 0.6) is 0 Å². The minimum Gasteiger partial charge on any atom is -0.356 e. The Hall–Kier alpha value is -1.57. The van der Waals surface area contributed by atoms with Gasteiger partial charge in [0.2, 0.25) is 5.91 Å². The van der Waals surface area contributed by atoms with E-state index in [1.54, 1.807) is 0 Å². The quantitative estimate of drug-likeness (QED) is 0.790. The molecule has 90 valence electrons. The zero-order valence-electron chi connectivity index (χ0n) is 10.1. The molecule has 2 rings (SSSR count). The molecule has 0 aliphatic heterocycles. The molecule has 0 heterocycles. The van der Waals surface area contributed by atoms with E-state index < -0.39 is 0 Å². The molecule has 1 aliphatic rings. The van der Waals surface area contributed by atoms with Crippen molar-refractivity contribution in [3.8, 4) is 0 Å². The predicted molar refractivity (Wildman–Crippen MR) is 69.6 cm³/mol. The number of carbonyl (C=O) groups is 1. The van der Waals surface area contributed by atoms with Gasteiger partial charge in [-0.15, -0.1) is 0 Å². The molecule has 2 nitrogen and oxygen atoms in total. The number of hydrogen-bond acceptors (Lipinski definition) is 1. The first-order chi connectivity index (χ1) is 8.36. The van der Waals surface area contributed by atoms with Gasteiger partial charge in [0, 0.05) is 12.5 Å². The monoisotopic (exact) mass is 229 g/mol. The lowest BCUT2D eigenvalue weighted by Crippen LogP contribution is -2.32. The lowest BCUT2D eigenvalue weighted by atomic mass is 9.93. The van der Waals surface area contributed by atoms with Crippen molar-refractivity contribution in [2.24, 2.45) is 5.92 Å². The first-order valence-electron chi connectivity index (χ1n) is 6.33. The van der Waals surface area contributed by atoms with Crippen LogP contribution in [0.15, 0.2) is 42.5 Å². The van der Waals surface area contributed by atoms with E-state index in [2.05, 4.69) is 29.6 Å². The van der Waals surface area contributed by atoms with Gasteiger partial charge in [-0.05, 0) is 31.2 Å². The van der Waals surface area contributed by atoms with Crippen LogP contribution in [0.3, 0.4) is 0 Å². The van der Waals surface area contributed by atoms with Crippen LogP contribution >= 0.6 is 0 Å². The zero-order valence-corrected chi connectivity index (χ0v) is 10.1. The summed E-state index contributed by atoms with van der Waals surface area (Å²) in [5.74, 6) is 0.404. The summed E-state index contributed by atoms with van der Waals surface area (Å²) in [6, 6.07) is 10.3. The largest absolute Gasteiger partial charge is 0.356 e. The molecule has 0 fully saturated rings. The van der Waals surface area contributed by atoms with Crippen LogP contribution in [0.4, 0.5) is 0 Å². The molecule has 0 bridgehead atoms. The number of benzene rings is 1. The normalized spacial score (nSPS) is 18.9. The maximum atomic E-state index is 11.8. The Morgan fingerprint density at radius 2 is 2.06 bits per heavy atom. The predicted octanol–water partition coefficient (Wildman–Crippen LogP) is 2.70. The van der Waals surface area contributed by atoms with Gasteiger partial charge in [0.25, 0.3) is 0 Å². The van der Waals surface area contributed by atoms with Crippen molar-refractivity contribution in [2.75, 3.05) is 6.54 Å². The summed E-state index contributed by atoms with van der Waals surface area (Å²) in [5, 5.41) is 3.03. The van der Waals surface area contributed by atoms with Crippen LogP contribution in [0.1, 0.15) is 24.8 Å². The Labute approximate surface area is 103 Å². The second-order valence-electron chi connectivity index (χ2n) is 4.51. The first-order valence-corrected chi connectivity index (χ1v) is 6.33. The summed E-state index contributed by atoms with van der Waals surface area (Å²) in [6.07, 6.45) is 8.12. The van der Waals surface area contributed by atoms with Gasteiger partial charge in [0.05, 0.1) is 0 Å². The van der Waals surface area contributed by atoms with Crippen LogP contribution in [-0.2, 0) is 11.2 Å². The van der Waals surface area contributed by atoms with Crippen molar-refractivity contribution in [1.29, 1.82) is 0 Å². The minimum atomic E-state index is 0.191. The highest BCUT2D eigenvalue weighted by Gasteiger charge is 2.17. The highest BCUT2D eigenvalue weighted by Crippen LogP contribution is 2.17. The number of carbonyl (C=O) groups excluding carboxylic acids is 1. The van der Waals surface area contributed by atoms with Crippen molar-refractivity contribution >= 4 is 5.91 Å². The molecule has 0 spiro atoms. The smallest absolute Gasteiger partial charge is 0.223 e. The standard InChI is InChI=1S/C15H19NO/c17-15(14-9-5-2-6-10-14)16-12-11-13-7-3-1-4-8-13/h1-5,7-8,14H,6,9-12H2,(H,16,17). The van der Waals surface area contributed by atoms with Gasteiger partial charge in [0.1, 0.15) is 0 Å². The van der Waals surface area contributed by atoms with E-state index in [0.717, 1.165) is 32.2 Å². The van der Waals surface area contributed by atoms with E-state index in [-0.39, 0.29) is 11.8 Å². The number of amides is 1. The third-order valence-corrected chi connectivity index (χ3v) is 3.20.